The van der Waals surface area contributed by atoms with Crippen LogP contribution in [-0.4, -0.2) is 32.9 Å². The molecule has 19 heavy (non-hydrogen) atoms. The van der Waals surface area contributed by atoms with Crippen LogP contribution in [-0.2, 0) is 21.1 Å². The summed E-state index contributed by atoms with van der Waals surface area (Å²) in [6.07, 6.45) is -0.142. The highest BCUT2D eigenvalue weighted by atomic mass is 32.3. The smallest absolute Gasteiger partial charge is 0.437 e. The molecule has 0 fully saturated rings. The zero-order valence-corrected chi connectivity index (χ0v) is 10.3. The average molecular weight is 292 g/mol. The maximum atomic E-state index is 12.2. The van der Waals surface area contributed by atoms with E-state index < -0.39 is 23.1 Å². The number of benzene rings is 1. The summed E-state index contributed by atoms with van der Waals surface area (Å²) in [6.45, 7) is -0.591. The summed E-state index contributed by atoms with van der Waals surface area (Å²) in [5, 5.41) is 9.03. The van der Waals surface area contributed by atoms with Crippen molar-refractivity contribution in [1.82, 2.24) is 0 Å². The number of carboxylic acid groups (broad SMARTS) is 1. The molecule has 1 aromatic rings. The number of aromatic carboxylic acids is 1. The van der Waals surface area contributed by atoms with Gasteiger partial charge in [0.2, 0.25) is 6.79 Å². The Labute approximate surface area is 107 Å². The Morgan fingerprint density at radius 3 is 2.79 bits per heavy atom. The van der Waals surface area contributed by atoms with Crippen molar-refractivity contribution in [2.75, 3.05) is 13.4 Å². The fraction of sp³-hybridized carbons (Fsp3) is 0.300. The van der Waals surface area contributed by atoms with Crippen LogP contribution >= 0.6 is 0 Å². The minimum absolute atomic E-state index is 0.0618. The van der Waals surface area contributed by atoms with Crippen molar-refractivity contribution < 1.29 is 35.9 Å². The van der Waals surface area contributed by atoms with Crippen LogP contribution in [0.5, 0.6) is 11.5 Å². The molecule has 2 rings (SSSR count). The van der Waals surface area contributed by atoms with E-state index in [2.05, 4.69) is 4.18 Å². The summed E-state index contributed by atoms with van der Waals surface area (Å²) < 4.78 is 46.8. The minimum atomic E-state index is -5.06. The molecule has 1 aliphatic heterocycles. The molecular weight excluding hydrogens is 283 g/mol. The second-order valence-corrected chi connectivity index (χ2v) is 4.62. The van der Waals surface area contributed by atoms with Crippen LogP contribution in [0.4, 0.5) is 3.89 Å². The largest absolute Gasteiger partial charge is 0.478 e. The topological polar surface area (TPSA) is 99.1 Å². The van der Waals surface area contributed by atoms with Gasteiger partial charge in [0.1, 0.15) is 0 Å². The van der Waals surface area contributed by atoms with Gasteiger partial charge in [0.25, 0.3) is 0 Å². The molecule has 1 heterocycles. The van der Waals surface area contributed by atoms with Crippen molar-refractivity contribution in [2.45, 2.75) is 6.42 Å². The Balaban J connectivity index is 2.27. The van der Waals surface area contributed by atoms with Crippen molar-refractivity contribution in [3.8, 4) is 11.5 Å². The molecule has 0 aromatic heterocycles. The van der Waals surface area contributed by atoms with Gasteiger partial charge in [0.15, 0.2) is 11.5 Å². The average Bonchev–Trinajstić information content (AvgIpc) is 2.75. The minimum Gasteiger partial charge on any atom is -0.478 e. The lowest BCUT2D eigenvalue weighted by atomic mass is 10.0. The maximum absolute atomic E-state index is 12.2. The van der Waals surface area contributed by atoms with E-state index in [0.29, 0.717) is 5.75 Å². The summed E-state index contributed by atoms with van der Waals surface area (Å²) in [7, 11) is -5.06. The summed E-state index contributed by atoms with van der Waals surface area (Å²) in [5.74, 6) is -0.653. The standard InChI is InChI=1S/C10H9FO7S/c11-19(14,15)18-4-3-6-7(10(12)13)1-2-8-9(6)17-5-16-8/h1-2H,3-5H2,(H,12,13). The molecule has 104 valence electrons. The number of fused-ring (bicyclic) bond motifs is 1. The molecule has 1 aromatic carbocycles. The third kappa shape index (κ3) is 3.12. The first-order valence-electron chi connectivity index (χ1n) is 5.12. The predicted octanol–water partition coefficient (Wildman–Crippen LogP) is 0.887. The zero-order valence-electron chi connectivity index (χ0n) is 9.46. The van der Waals surface area contributed by atoms with Gasteiger partial charge < -0.3 is 14.6 Å². The summed E-state index contributed by atoms with van der Waals surface area (Å²) in [5.41, 5.74) is 0.121. The second-order valence-electron chi connectivity index (χ2n) is 3.60. The van der Waals surface area contributed by atoms with Crippen LogP contribution < -0.4 is 9.47 Å². The molecule has 1 N–H and O–H groups in total. The van der Waals surface area contributed by atoms with Gasteiger partial charge in [0, 0.05) is 12.0 Å². The number of carboxylic acids is 1. The zero-order chi connectivity index (χ0) is 14.0. The molecule has 0 spiro atoms. The Kier molecular flexibility index (Phi) is 3.58. The molecular formula is C10H9FO7S. The first-order chi connectivity index (χ1) is 8.88. The van der Waals surface area contributed by atoms with Crippen LogP contribution in [0.25, 0.3) is 0 Å². The Morgan fingerprint density at radius 1 is 1.42 bits per heavy atom. The molecule has 0 saturated carbocycles. The lowest BCUT2D eigenvalue weighted by Crippen LogP contribution is -2.09. The van der Waals surface area contributed by atoms with Gasteiger partial charge in [0.05, 0.1) is 12.2 Å². The quantitative estimate of drug-likeness (QED) is 0.804. The third-order valence-electron chi connectivity index (χ3n) is 2.45. The van der Waals surface area contributed by atoms with Gasteiger partial charge in [-0.2, -0.15) is 8.42 Å². The molecule has 9 heteroatoms. The van der Waals surface area contributed by atoms with Crippen molar-refractivity contribution in [3.05, 3.63) is 23.3 Å². The molecule has 7 nitrogen and oxygen atoms in total. The SMILES string of the molecule is O=C(O)c1ccc2c(c1CCOS(=O)(=O)F)OCO2. The normalized spacial score (nSPS) is 13.5. The van der Waals surface area contributed by atoms with Crippen molar-refractivity contribution in [1.29, 1.82) is 0 Å². The van der Waals surface area contributed by atoms with Crippen LogP contribution in [0.15, 0.2) is 12.1 Å². The molecule has 0 saturated heterocycles. The second kappa shape index (κ2) is 5.02. The Bertz CT molecular complexity index is 611. The van der Waals surface area contributed by atoms with Crippen molar-refractivity contribution >= 4 is 16.5 Å². The van der Waals surface area contributed by atoms with E-state index in [-0.39, 0.29) is 30.1 Å². The molecule has 0 amide bonds. The van der Waals surface area contributed by atoms with Crippen molar-refractivity contribution in [2.24, 2.45) is 0 Å². The number of carbonyl (C=O) groups is 1. The highest BCUT2D eigenvalue weighted by molar-refractivity contribution is 7.81. The van der Waals surface area contributed by atoms with Crippen LogP contribution in [0.1, 0.15) is 15.9 Å². The van der Waals surface area contributed by atoms with Crippen molar-refractivity contribution in [3.63, 3.8) is 0 Å². The fourth-order valence-corrected chi connectivity index (χ4v) is 2.00. The van der Waals surface area contributed by atoms with E-state index in [4.69, 9.17) is 14.6 Å². The molecule has 1 aliphatic rings. The number of halogens is 1. The monoisotopic (exact) mass is 292 g/mol. The van der Waals surface area contributed by atoms with Gasteiger partial charge in [-0.05, 0) is 12.1 Å². The van der Waals surface area contributed by atoms with Gasteiger partial charge in [-0.3, -0.25) is 0 Å². The van der Waals surface area contributed by atoms with Crippen LogP contribution in [0.3, 0.4) is 0 Å². The summed E-state index contributed by atoms with van der Waals surface area (Å²) >= 11 is 0. The first-order valence-corrected chi connectivity index (χ1v) is 6.43. The molecule has 0 unspecified atom stereocenters. The number of hydrogen-bond donors (Lipinski definition) is 1. The lowest BCUT2D eigenvalue weighted by molar-refractivity contribution is 0.0695. The summed E-state index contributed by atoms with van der Waals surface area (Å²) in [4.78, 5) is 11.1. The predicted molar refractivity (Wildman–Crippen MR) is 59.2 cm³/mol. The summed E-state index contributed by atoms with van der Waals surface area (Å²) in [6, 6.07) is 2.73. The van der Waals surface area contributed by atoms with Crippen LogP contribution in [0.2, 0.25) is 0 Å². The van der Waals surface area contributed by atoms with Gasteiger partial charge in [-0.15, -0.1) is 0 Å². The third-order valence-corrected chi connectivity index (χ3v) is 2.90. The van der Waals surface area contributed by atoms with Gasteiger partial charge >= 0.3 is 16.5 Å². The number of ether oxygens (including phenoxy) is 2. The Morgan fingerprint density at radius 2 is 2.16 bits per heavy atom. The lowest BCUT2D eigenvalue weighted by Gasteiger charge is -2.08. The van der Waals surface area contributed by atoms with Crippen LogP contribution in [0, 0.1) is 0 Å². The van der Waals surface area contributed by atoms with E-state index >= 15 is 0 Å². The molecule has 0 atom stereocenters. The molecule has 0 radical (unpaired) electrons. The fourth-order valence-electron chi connectivity index (χ4n) is 1.72. The van der Waals surface area contributed by atoms with Gasteiger partial charge in [-0.1, -0.05) is 3.89 Å². The van der Waals surface area contributed by atoms with E-state index in [1.807, 2.05) is 0 Å². The first kappa shape index (κ1) is 13.6. The highest BCUT2D eigenvalue weighted by Crippen LogP contribution is 2.37. The molecule has 0 aliphatic carbocycles. The number of hydrogen-bond acceptors (Lipinski definition) is 6. The number of rotatable bonds is 5. The molecule has 0 bridgehead atoms. The van der Waals surface area contributed by atoms with E-state index in [9.17, 15) is 17.1 Å². The maximum Gasteiger partial charge on any atom is 0.437 e. The van der Waals surface area contributed by atoms with E-state index in [1.54, 1.807) is 0 Å². The van der Waals surface area contributed by atoms with E-state index in [1.165, 1.54) is 12.1 Å². The Hall–Kier alpha value is -1.87. The highest BCUT2D eigenvalue weighted by Gasteiger charge is 2.24. The van der Waals surface area contributed by atoms with E-state index in [0.717, 1.165) is 0 Å². The van der Waals surface area contributed by atoms with Gasteiger partial charge in [-0.25, -0.2) is 8.98 Å².